The summed E-state index contributed by atoms with van der Waals surface area (Å²) in [6, 6.07) is 1.70. The summed E-state index contributed by atoms with van der Waals surface area (Å²) in [6.45, 7) is 2.42. The van der Waals surface area contributed by atoms with E-state index in [4.69, 9.17) is 5.73 Å². The zero-order valence-electron chi connectivity index (χ0n) is 11.3. The smallest absolute Gasteiger partial charge is 0.257 e. The fourth-order valence-electron chi connectivity index (χ4n) is 2.40. The van der Waals surface area contributed by atoms with Crippen molar-refractivity contribution < 1.29 is 18.7 Å². The number of nitrogens with zero attached hydrogens (tertiary/aromatic N) is 1. The normalized spacial score (nSPS) is 23.5. The van der Waals surface area contributed by atoms with Crippen LogP contribution in [0.15, 0.2) is 12.1 Å². The van der Waals surface area contributed by atoms with Crippen molar-refractivity contribution in [3.63, 3.8) is 0 Å². The molecular formula is C14H18F2N2O2. The fourth-order valence-corrected chi connectivity index (χ4v) is 2.40. The van der Waals surface area contributed by atoms with Gasteiger partial charge in [-0.05, 0) is 38.3 Å². The first-order valence-electron chi connectivity index (χ1n) is 6.56. The number of halogens is 2. The summed E-state index contributed by atoms with van der Waals surface area (Å²) in [5.41, 5.74) is 3.78. The molecule has 1 fully saturated rings. The maximum absolute atomic E-state index is 13.9. The van der Waals surface area contributed by atoms with E-state index < -0.39 is 23.1 Å². The van der Waals surface area contributed by atoms with Crippen LogP contribution < -0.4 is 5.73 Å². The Labute approximate surface area is 116 Å². The SMILES string of the molecule is CC1(O)CCCN(C(=O)c2cc(F)cc(N)c2F)CC1. The summed E-state index contributed by atoms with van der Waals surface area (Å²) in [5, 5.41) is 9.98. The molecule has 1 aromatic rings. The van der Waals surface area contributed by atoms with Gasteiger partial charge in [0.05, 0.1) is 16.9 Å². The van der Waals surface area contributed by atoms with Gasteiger partial charge in [-0.1, -0.05) is 0 Å². The molecule has 0 radical (unpaired) electrons. The second-order valence-electron chi connectivity index (χ2n) is 5.50. The molecule has 1 heterocycles. The Hall–Kier alpha value is -1.69. The van der Waals surface area contributed by atoms with E-state index in [0.717, 1.165) is 12.1 Å². The van der Waals surface area contributed by atoms with Crippen molar-refractivity contribution >= 4 is 11.6 Å². The number of rotatable bonds is 1. The molecule has 0 bridgehead atoms. The summed E-state index contributed by atoms with van der Waals surface area (Å²) in [4.78, 5) is 13.7. The van der Waals surface area contributed by atoms with Crippen LogP contribution in [0.3, 0.4) is 0 Å². The molecule has 2 rings (SSSR count). The molecule has 0 spiro atoms. The predicted octanol–water partition coefficient (Wildman–Crippen LogP) is 1.92. The fraction of sp³-hybridized carbons (Fsp3) is 0.500. The van der Waals surface area contributed by atoms with Crippen LogP contribution in [0.25, 0.3) is 0 Å². The monoisotopic (exact) mass is 284 g/mol. The highest BCUT2D eigenvalue weighted by Gasteiger charge is 2.29. The van der Waals surface area contributed by atoms with E-state index >= 15 is 0 Å². The second kappa shape index (κ2) is 5.36. The highest BCUT2D eigenvalue weighted by Crippen LogP contribution is 2.24. The van der Waals surface area contributed by atoms with Crippen molar-refractivity contribution in [1.82, 2.24) is 4.90 Å². The average Bonchev–Trinajstić information content (AvgIpc) is 2.54. The van der Waals surface area contributed by atoms with Crippen molar-refractivity contribution in [2.45, 2.75) is 31.8 Å². The molecule has 6 heteroatoms. The Morgan fingerprint density at radius 3 is 2.75 bits per heavy atom. The average molecular weight is 284 g/mol. The molecule has 1 atom stereocenters. The zero-order chi connectivity index (χ0) is 14.9. The van der Waals surface area contributed by atoms with Gasteiger partial charge in [-0.15, -0.1) is 0 Å². The molecule has 110 valence electrons. The van der Waals surface area contributed by atoms with Crippen LogP contribution in [0.4, 0.5) is 14.5 Å². The number of nitrogen functional groups attached to an aromatic ring is 1. The van der Waals surface area contributed by atoms with Crippen LogP contribution >= 0.6 is 0 Å². The Bertz CT molecular complexity index is 532. The lowest BCUT2D eigenvalue weighted by atomic mass is 9.98. The van der Waals surface area contributed by atoms with Crippen molar-refractivity contribution in [3.8, 4) is 0 Å². The number of anilines is 1. The van der Waals surface area contributed by atoms with Crippen molar-refractivity contribution in [2.75, 3.05) is 18.8 Å². The predicted molar refractivity (Wildman–Crippen MR) is 71.1 cm³/mol. The van der Waals surface area contributed by atoms with Crippen LogP contribution in [0.5, 0.6) is 0 Å². The Balaban J connectivity index is 2.23. The van der Waals surface area contributed by atoms with Gasteiger partial charge in [0, 0.05) is 13.1 Å². The number of amides is 1. The van der Waals surface area contributed by atoms with Crippen molar-refractivity contribution in [2.24, 2.45) is 0 Å². The minimum Gasteiger partial charge on any atom is -0.396 e. The second-order valence-corrected chi connectivity index (χ2v) is 5.50. The number of carbonyl (C=O) groups is 1. The van der Waals surface area contributed by atoms with E-state index in [2.05, 4.69) is 0 Å². The maximum Gasteiger partial charge on any atom is 0.257 e. The number of nitrogens with two attached hydrogens (primary N) is 1. The number of aliphatic hydroxyl groups is 1. The Morgan fingerprint density at radius 1 is 1.35 bits per heavy atom. The third kappa shape index (κ3) is 3.07. The molecule has 0 saturated carbocycles. The van der Waals surface area contributed by atoms with Gasteiger partial charge in [-0.25, -0.2) is 8.78 Å². The molecular weight excluding hydrogens is 266 g/mol. The summed E-state index contributed by atoms with van der Waals surface area (Å²) in [7, 11) is 0. The standard InChI is InChI=1S/C14H18F2N2O2/c1-14(20)3-2-5-18(6-4-14)13(19)10-7-9(15)8-11(17)12(10)16/h7-8,20H,2-6,17H2,1H3. The van der Waals surface area contributed by atoms with Gasteiger partial charge in [0.25, 0.3) is 5.91 Å². The van der Waals surface area contributed by atoms with E-state index in [-0.39, 0.29) is 11.3 Å². The quantitative estimate of drug-likeness (QED) is 0.774. The van der Waals surface area contributed by atoms with Crippen molar-refractivity contribution in [1.29, 1.82) is 0 Å². The van der Waals surface area contributed by atoms with Crippen LogP contribution in [0.1, 0.15) is 36.5 Å². The van der Waals surface area contributed by atoms with Gasteiger partial charge < -0.3 is 15.7 Å². The van der Waals surface area contributed by atoms with Gasteiger partial charge in [-0.3, -0.25) is 4.79 Å². The Kier molecular flexibility index (Phi) is 3.94. The zero-order valence-corrected chi connectivity index (χ0v) is 11.3. The van der Waals surface area contributed by atoms with E-state index in [1.807, 2.05) is 0 Å². The summed E-state index contributed by atoms with van der Waals surface area (Å²) >= 11 is 0. The topological polar surface area (TPSA) is 66.6 Å². The van der Waals surface area contributed by atoms with E-state index in [1.165, 1.54) is 4.90 Å². The largest absolute Gasteiger partial charge is 0.396 e. The van der Waals surface area contributed by atoms with Gasteiger partial charge >= 0.3 is 0 Å². The summed E-state index contributed by atoms with van der Waals surface area (Å²) in [6.07, 6.45) is 1.60. The molecule has 1 amide bonds. The lowest BCUT2D eigenvalue weighted by Gasteiger charge is -2.23. The highest BCUT2D eigenvalue weighted by atomic mass is 19.1. The molecule has 0 aliphatic carbocycles. The number of hydrogen-bond acceptors (Lipinski definition) is 3. The number of hydrogen-bond donors (Lipinski definition) is 2. The first kappa shape index (κ1) is 14.7. The van der Waals surface area contributed by atoms with Crippen LogP contribution in [-0.2, 0) is 0 Å². The number of likely N-dealkylation sites (tertiary alicyclic amines) is 1. The van der Waals surface area contributed by atoms with Crippen LogP contribution in [0.2, 0.25) is 0 Å². The molecule has 1 unspecified atom stereocenters. The summed E-state index contributed by atoms with van der Waals surface area (Å²) < 4.78 is 27.1. The highest BCUT2D eigenvalue weighted by molar-refractivity contribution is 5.95. The molecule has 1 aliphatic rings. The van der Waals surface area contributed by atoms with Gasteiger partial charge in [-0.2, -0.15) is 0 Å². The summed E-state index contributed by atoms with van der Waals surface area (Å²) in [5.74, 6) is -2.23. The lowest BCUT2D eigenvalue weighted by molar-refractivity contribution is 0.0437. The maximum atomic E-state index is 13.9. The first-order chi connectivity index (χ1) is 9.30. The molecule has 1 aromatic carbocycles. The molecule has 3 N–H and O–H groups in total. The lowest BCUT2D eigenvalue weighted by Crippen LogP contribution is -2.34. The molecule has 1 saturated heterocycles. The molecule has 4 nitrogen and oxygen atoms in total. The van der Waals surface area contributed by atoms with E-state index in [0.29, 0.717) is 32.4 Å². The van der Waals surface area contributed by atoms with Gasteiger partial charge in [0.15, 0.2) is 5.82 Å². The third-order valence-corrected chi connectivity index (χ3v) is 3.65. The van der Waals surface area contributed by atoms with Crippen LogP contribution in [-0.4, -0.2) is 34.6 Å². The third-order valence-electron chi connectivity index (χ3n) is 3.65. The minimum absolute atomic E-state index is 0.307. The van der Waals surface area contributed by atoms with E-state index in [1.54, 1.807) is 6.92 Å². The number of benzene rings is 1. The van der Waals surface area contributed by atoms with Crippen molar-refractivity contribution in [3.05, 3.63) is 29.3 Å². The van der Waals surface area contributed by atoms with Crippen LogP contribution in [0, 0.1) is 11.6 Å². The van der Waals surface area contributed by atoms with Gasteiger partial charge in [0.2, 0.25) is 0 Å². The van der Waals surface area contributed by atoms with Gasteiger partial charge in [0.1, 0.15) is 5.82 Å². The molecule has 0 aromatic heterocycles. The molecule has 1 aliphatic heterocycles. The minimum atomic E-state index is -0.896. The van der Waals surface area contributed by atoms with E-state index in [9.17, 15) is 18.7 Å². The number of carbonyl (C=O) groups excluding carboxylic acids is 1. The Morgan fingerprint density at radius 2 is 2.05 bits per heavy atom. The first-order valence-corrected chi connectivity index (χ1v) is 6.56. The molecule has 20 heavy (non-hydrogen) atoms.